The maximum atomic E-state index is 11.9. The molecule has 2 heterocycles. The van der Waals surface area contributed by atoms with Crippen molar-refractivity contribution in [2.24, 2.45) is 5.73 Å². The molecule has 0 aliphatic heterocycles. The second-order valence-corrected chi connectivity index (χ2v) is 6.19. The van der Waals surface area contributed by atoms with Crippen molar-refractivity contribution in [1.29, 1.82) is 0 Å². The quantitative estimate of drug-likeness (QED) is 0.642. The summed E-state index contributed by atoms with van der Waals surface area (Å²) in [6.07, 6.45) is 3.29. The van der Waals surface area contributed by atoms with E-state index in [1.807, 2.05) is 35.7 Å². The highest BCUT2D eigenvalue weighted by Gasteiger charge is 2.11. The molecule has 1 amide bonds. The van der Waals surface area contributed by atoms with Gasteiger partial charge in [-0.15, -0.1) is 11.3 Å². The smallest absolute Gasteiger partial charge is 0.226 e. The molecule has 0 saturated heterocycles. The highest BCUT2D eigenvalue weighted by Crippen LogP contribution is 2.30. The van der Waals surface area contributed by atoms with E-state index in [2.05, 4.69) is 10.3 Å². The van der Waals surface area contributed by atoms with Crippen LogP contribution < -0.4 is 11.1 Å². The minimum atomic E-state index is -0.00692. The number of nitrogens with one attached hydrogen (secondary N) is 1. The lowest BCUT2D eigenvalue weighted by atomic mass is 10.2. The Morgan fingerprint density at radius 1 is 1.26 bits per heavy atom. The number of fused-ring (bicyclic) bond motifs is 1. The molecule has 0 aliphatic carbocycles. The monoisotopic (exact) mass is 329 g/mol. The van der Waals surface area contributed by atoms with Crippen molar-refractivity contribution in [2.45, 2.75) is 25.7 Å². The number of benzene rings is 1. The SMILES string of the molecule is NCCCCCC(=O)Nc1nc(-c2cc3ccccc3o2)cs1. The molecule has 1 aromatic carbocycles. The number of aromatic nitrogens is 1. The standard InChI is InChI=1S/C17H19N3O2S/c18-9-5-1-2-8-16(21)20-17-19-13(11-23-17)15-10-12-6-3-4-7-14(12)22-15/h3-4,6-7,10-11H,1-2,5,8-9,18H2,(H,19,20,21). The van der Waals surface area contributed by atoms with Gasteiger partial charge in [0.15, 0.2) is 10.9 Å². The lowest BCUT2D eigenvalue weighted by Gasteiger charge is -2.01. The number of amides is 1. The van der Waals surface area contributed by atoms with Crippen LogP contribution >= 0.6 is 11.3 Å². The fraction of sp³-hybridized carbons (Fsp3) is 0.294. The maximum absolute atomic E-state index is 11.9. The van der Waals surface area contributed by atoms with Gasteiger partial charge < -0.3 is 15.5 Å². The van der Waals surface area contributed by atoms with E-state index in [1.54, 1.807) is 0 Å². The Morgan fingerprint density at radius 2 is 2.13 bits per heavy atom. The number of nitrogens with two attached hydrogens (primary N) is 1. The van der Waals surface area contributed by atoms with E-state index in [9.17, 15) is 4.79 Å². The summed E-state index contributed by atoms with van der Waals surface area (Å²) in [6, 6.07) is 9.79. The highest BCUT2D eigenvalue weighted by atomic mass is 32.1. The number of carbonyl (C=O) groups excluding carboxylic acids is 1. The molecule has 0 atom stereocenters. The van der Waals surface area contributed by atoms with E-state index in [1.165, 1.54) is 11.3 Å². The zero-order valence-corrected chi connectivity index (χ0v) is 13.6. The van der Waals surface area contributed by atoms with Crippen LogP contribution in [0.25, 0.3) is 22.4 Å². The minimum absolute atomic E-state index is 0.00692. The second kappa shape index (κ2) is 7.39. The van der Waals surface area contributed by atoms with Gasteiger partial charge in [-0.2, -0.15) is 0 Å². The highest BCUT2D eigenvalue weighted by molar-refractivity contribution is 7.14. The van der Waals surface area contributed by atoms with Gasteiger partial charge in [0, 0.05) is 17.2 Å². The van der Waals surface area contributed by atoms with Gasteiger partial charge in [0.25, 0.3) is 0 Å². The molecular formula is C17H19N3O2S. The van der Waals surface area contributed by atoms with Crippen molar-refractivity contribution in [3.8, 4) is 11.5 Å². The molecule has 0 aliphatic rings. The van der Waals surface area contributed by atoms with Crippen LogP contribution in [-0.4, -0.2) is 17.4 Å². The molecule has 6 heteroatoms. The fourth-order valence-electron chi connectivity index (χ4n) is 2.34. The normalized spacial score (nSPS) is 11.0. The average molecular weight is 329 g/mol. The van der Waals surface area contributed by atoms with Gasteiger partial charge in [-0.05, 0) is 31.5 Å². The van der Waals surface area contributed by atoms with E-state index in [4.69, 9.17) is 10.2 Å². The van der Waals surface area contributed by atoms with E-state index < -0.39 is 0 Å². The molecule has 2 aromatic heterocycles. The van der Waals surface area contributed by atoms with Gasteiger partial charge >= 0.3 is 0 Å². The van der Waals surface area contributed by atoms with Crippen LogP contribution in [0.4, 0.5) is 5.13 Å². The number of nitrogens with zero attached hydrogens (tertiary/aromatic N) is 1. The van der Waals surface area contributed by atoms with Crippen molar-refractivity contribution in [1.82, 2.24) is 4.98 Å². The number of hydrogen-bond acceptors (Lipinski definition) is 5. The van der Waals surface area contributed by atoms with Gasteiger partial charge in [0.1, 0.15) is 11.3 Å². The zero-order valence-electron chi connectivity index (χ0n) is 12.7. The van der Waals surface area contributed by atoms with E-state index in [-0.39, 0.29) is 5.91 Å². The first kappa shape index (κ1) is 15.7. The van der Waals surface area contributed by atoms with Crippen LogP contribution in [0.5, 0.6) is 0 Å². The molecule has 0 spiro atoms. The Balaban J connectivity index is 1.62. The van der Waals surface area contributed by atoms with Crippen LogP contribution in [-0.2, 0) is 4.79 Å². The summed E-state index contributed by atoms with van der Waals surface area (Å²) in [6.45, 7) is 0.676. The van der Waals surface area contributed by atoms with Gasteiger partial charge in [-0.3, -0.25) is 4.79 Å². The number of unbranched alkanes of at least 4 members (excludes halogenated alkanes) is 2. The van der Waals surface area contributed by atoms with E-state index >= 15 is 0 Å². The predicted octanol–water partition coefficient (Wildman–Crippen LogP) is 4.01. The summed E-state index contributed by atoms with van der Waals surface area (Å²) in [7, 11) is 0. The number of rotatable bonds is 7. The van der Waals surface area contributed by atoms with E-state index in [0.717, 1.165) is 35.9 Å². The Hall–Kier alpha value is -2.18. The number of anilines is 1. The van der Waals surface area contributed by atoms with Crippen molar-refractivity contribution in [3.05, 3.63) is 35.7 Å². The molecule has 3 aromatic rings. The molecule has 0 unspecified atom stereocenters. The minimum Gasteiger partial charge on any atom is -0.454 e. The largest absolute Gasteiger partial charge is 0.454 e. The Kier molecular flexibility index (Phi) is 5.05. The Labute approximate surface area is 138 Å². The molecule has 5 nitrogen and oxygen atoms in total. The van der Waals surface area contributed by atoms with Crippen LogP contribution in [0.3, 0.4) is 0 Å². The lowest BCUT2D eigenvalue weighted by Crippen LogP contribution is -2.11. The first-order valence-electron chi connectivity index (χ1n) is 7.70. The third-order valence-electron chi connectivity index (χ3n) is 3.54. The molecular weight excluding hydrogens is 310 g/mol. The number of furan rings is 1. The van der Waals surface area contributed by atoms with E-state index in [0.29, 0.717) is 23.9 Å². The third kappa shape index (κ3) is 3.97. The Bertz CT molecular complexity index is 761. The molecule has 3 N–H and O–H groups in total. The van der Waals surface area contributed by atoms with Crippen LogP contribution in [0, 0.1) is 0 Å². The number of carbonyl (C=O) groups is 1. The molecule has 3 rings (SSSR count). The molecule has 0 fully saturated rings. The molecule has 0 saturated carbocycles. The Morgan fingerprint density at radius 3 is 2.96 bits per heavy atom. The summed E-state index contributed by atoms with van der Waals surface area (Å²) < 4.78 is 5.78. The van der Waals surface area contributed by atoms with Gasteiger partial charge in [-0.25, -0.2) is 4.98 Å². The van der Waals surface area contributed by atoms with Gasteiger partial charge in [-0.1, -0.05) is 24.6 Å². The van der Waals surface area contributed by atoms with Crippen molar-refractivity contribution >= 4 is 33.3 Å². The summed E-state index contributed by atoms with van der Waals surface area (Å²) in [5.41, 5.74) is 7.01. The van der Waals surface area contributed by atoms with Crippen molar-refractivity contribution in [3.63, 3.8) is 0 Å². The number of thiazole rings is 1. The van der Waals surface area contributed by atoms with Crippen LogP contribution in [0.2, 0.25) is 0 Å². The average Bonchev–Trinajstić information content (AvgIpc) is 3.17. The predicted molar refractivity (Wildman–Crippen MR) is 93.5 cm³/mol. The number of hydrogen-bond donors (Lipinski definition) is 2. The first-order valence-corrected chi connectivity index (χ1v) is 8.58. The van der Waals surface area contributed by atoms with Crippen molar-refractivity contribution in [2.75, 3.05) is 11.9 Å². The van der Waals surface area contributed by atoms with Crippen LogP contribution in [0.15, 0.2) is 40.1 Å². The maximum Gasteiger partial charge on any atom is 0.226 e. The van der Waals surface area contributed by atoms with Crippen LogP contribution in [0.1, 0.15) is 25.7 Å². The summed E-state index contributed by atoms with van der Waals surface area (Å²) in [5, 5.41) is 6.37. The topological polar surface area (TPSA) is 81.2 Å². The summed E-state index contributed by atoms with van der Waals surface area (Å²) in [5.74, 6) is 0.707. The molecule has 23 heavy (non-hydrogen) atoms. The fourth-order valence-corrected chi connectivity index (χ4v) is 3.06. The molecule has 120 valence electrons. The second-order valence-electron chi connectivity index (χ2n) is 5.33. The zero-order chi connectivity index (χ0) is 16.1. The third-order valence-corrected chi connectivity index (χ3v) is 4.29. The summed E-state index contributed by atoms with van der Waals surface area (Å²) >= 11 is 1.40. The van der Waals surface area contributed by atoms with Gasteiger partial charge in [0.05, 0.1) is 0 Å². The molecule has 0 bridgehead atoms. The lowest BCUT2D eigenvalue weighted by molar-refractivity contribution is -0.116. The summed E-state index contributed by atoms with van der Waals surface area (Å²) in [4.78, 5) is 16.3. The van der Waals surface area contributed by atoms with Crippen molar-refractivity contribution < 1.29 is 9.21 Å². The number of para-hydroxylation sites is 1. The molecule has 0 radical (unpaired) electrons. The van der Waals surface area contributed by atoms with Gasteiger partial charge in [0.2, 0.25) is 5.91 Å². The first-order chi connectivity index (χ1) is 11.3.